The molecule has 0 amide bonds. The molecule has 0 spiro atoms. The number of aromatic nitrogens is 1. The Morgan fingerprint density at radius 3 is 2.53 bits per heavy atom. The van der Waals surface area contributed by atoms with Gasteiger partial charge in [-0.15, -0.1) is 0 Å². The van der Waals surface area contributed by atoms with Gasteiger partial charge in [0.15, 0.2) is 0 Å². The van der Waals surface area contributed by atoms with Gasteiger partial charge < -0.3 is 16.0 Å². The third-order valence-electron chi connectivity index (χ3n) is 5.58. The summed E-state index contributed by atoms with van der Waals surface area (Å²) in [6, 6.07) is 20.1. The van der Waals surface area contributed by atoms with Crippen LogP contribution in [0.3, 0.4) is 0 Å². The SMILES string of the molecule is Cc1ccc(-c2nc(C=N)c(NCC3CCNC3)cc2-c2ccc(C#N)cc2)cc1. The second kappa shape index (κ2) is 8.89. The van der Waals surface area contributed by atoms with Crippen molar-refractivity contribution in [3.63, 3.8) is 0 Å². The van der Waals surface area contributed by atoms with Crippen molar-refractivity contribution in [3.8, 4) is 28.5 Å². The van der Waals surface area contributed by atoms with E-state index in [0.29, 0.717) is 17.2 Å². The topological polar surface area (TPSA) is 84.6 Å². The Morgan fingerprint density at radius 2 is 1.90 bits per heavy atom. The minimum absolute atomic E-state index is 0.582. The number of aryl methyl sites for hydroxylation is 1. The van der Waals surface area contributed by atoms with Gasteiger partial charge in [0.2, 0.25) is 0 Å². The van der Waals surface area contributed by atoms with Crippen LogP contribution < -0.4 is 10.6 Å². The van der Waals surface area contributed by atoms with Gasteiger partial charge in [0.05, 0.1) is 23.0 Å². The molecule has 1 fully saturated rings. The Morgan fingerprint density at radius 1 is 1.17 bits per heavy atom. The van der Waals surface area contributed by atoms with Gasteiger partial charge in [-0.3, -0.25) is 0 Å². The van der Waals surface area contributed by atoms with Gasteiger partial charge in [-0.2, -0.15) is 5.26 Å². The summed E-state index contributed by atoms with van der Waals surface area (Å²) in [6.45, 7) is 4.99. The number of hydrogen-bond donors (Lipinski definition) is 3. The molecule has 0 aliphatic carbocycles. The first kappa shape index (κ1) is 19.8. The van der Waals surface area contributed by atoms with Crippen LogP contribution in [0.2, 0.25) is 0 Å². The Labute approximate surface area is 177 Å². The van der Waals surface area contributed by atoms with E-state index in [4.69, 9.17) is 15.7 Å². The predicted molar refractivity (Wildman–Crippen MR) is 122 cm³/mol. The van der Waals surface area contributed by atoms with Gasteiger partial charge in [-0.25, -0.2) is 4.98 Å². The third kappa shape index (κ3) is 4.24. The molecule has 1 saturated heterocycles. The molecule has 30 heavy (non-hydrogen) atoms. The van der Waals surface area contributed by atoms with Crippen LogP contribution >= 0.6 is 0 Å². The summed E-state index contributed by atoms with van der Waals surface area (Å²) >= 11 is 0. The van der Waals surface area contributed by atoms with Gasteiger partial charge >= 0.3 is 0 Å². The first-order chi connectivity index (χ1) is 14.7. The first-order valence-corrected chi connectivity index (χ1v) is 10.3. The fourth-order valence-corrected chi connectivity index (χ4v) is 3.80. The zero-order chi connectivity index (χ0) is 20.9. The Balaban J connectivity index is 1.79. The monoisotopic (exact) mass is 395 g/mol. The molecule has 3 N–H and O–H groups in total. The molecule has 1 unspecified atom stereocenters. The van der Waals surface area contributed by atoms with Gasteiger partial charge in [0.25, 0.3) is 0 Å². The van der Waals surface area contributed by atoms with Gasteiger partial charge in [-0.1, -0.05) is 42.0 Å². The lowest BCUT2D eigenvalue weighted by atomic mass is 9.96. The van der Waals surface area contributed by atoms with Crippen LogP contribution in [-0.2, 0) is 0 Å². The second-order valence-corrected chi connectivity index (χ2v) is 7.76. The maximum absolute atomic E-state index is 9.14. The first-order valence-electron chi connectivity index (χ1n) is 10.3. The molecule has 1 atom stereocenters. The molecule has 150 valence electrons. The highest BCUT2D eigenvalue weighted by Crippen LogP contribution is 2.34. The summed E-state index contributed by atoms with van der Waals surface area (Å²) in [4.78, 5) is 4.87. The average molecular weight is 396 g/mol. The van der Waals surface area contributed by atoms with Crippen molar-refractivity contribution in [2.75, 3.05) is 25.0 Å². The molecule has 3 aromatic rings. The number of nitrogens with one attached hydrogen (secondary N) is 3. The predicted octanol–water partition coefficient (Wildman–Crippen LogP) is 4.61. The molecule has 0 bridgehead atoms. The number of benzene rings is 2. The number of pyridine rings is 1. The van der Waals surface area contributed by atoms with Gasteiger partial charge in [-0.05, 0) is 56.1 Å². The molecule has 0 radical (unpaired) electrons. The quantitative estimate of drug-likeness (QED) is 0.532. The van der Waals surface area contributed by atoms with E-state index in [1.807, 2.05) is 24.3 Å². The molecule has 0 saturated carbocycles. The van der Waals surface area contributed by atoms with Crippen molar-refractivity contribution in [3.05, 3.63) is 71.4 Å². The standard InChI is InChI=1S/C25H25N5/c1-17-2-6-21(7-3-17)25-22(20-8-4-18(13-26)5-9-20)12-23(24(14-27)30-25)29-16-19-10-11-28-15-19/h2-9,12,14,19,27-29H,10-11,15-16H2,1H3. The van der Waals surface area contributed by atoms with E-state index < -0.39 is 0 Å². The molecule has 1 aliphatic heterocycles. The maximum Gasteiger partial charge on any atom is 0.104 e. The van der Waals surface area contributed by atoms with Crippen LogP contribution in [0.4, 0.5) is 5.69 Å². The number of anilines is 1. The molecule has 5 nitrogen and oxygen atoms in total. The highest BCUT2D eigenvalue weighted by molar-refractivity contribution is 5.91. The van der Waals surface area contributed by atoms with Crippen molar-refractivity contribution >= 4 is 11.9 Å². The molecule has 5 heteroatoms. The molecule has 2 heterocycles. The summed E-state index contributed by atoms with van der Waals surface area (Å²) < 4.78 is 0. The highest BCUT2D eigenvalue weighted by atomic mass is 15.0. The van der Waals surface area contributed by atoms with E-state index in [2.05, 4.69) is 54.0 Å². The smallest absolute Gasteiger partial charge is 0.104 e. The molecule has 1 aromatic heterocycles. The number of nitriles is 1. The molecule has 2 aromatic carbocycles. The zero-order valence-electron chi connectivity index (χ0n) is 17.1. The fraction of sp³-hybridized carbons (Fsp3) is 0.240. The van der Waals surface area contributed by atoms with Gasteiger partial charge in [0.1, 0.15) is 5.69 Å². The summed E-state index contributed by atoms with van der Waals surface area (Å²) in [6.07, 6.45) is 2.47. The molecular formula is C25H25N5. The van der Waals surface area contributed by atoms with Gasteiger partial charge in [0, 0.05) is 23.9 Å². The Bertz CT molecular complexity index is 1070. The van der Waals surface area contributed by atoms with E-state index in [0.717, 1.165) is 54.1 Å². The molecular weight excluding hydrogens is 370 g/mol. The van der Waals surface area contributed by atoms with Crippen LogP contribution in [0.5, 0.6) is 0 Å². The lowest BCUT2D eigenvalue weighted by molar-refractivity contribution is 0.615. The average Bonchev–Trinajstić information content (AvgIpc) is 3.31. The highest BCUT2D eigenvalue weighted by Gasteiger charge is 2.17. The van der Waals surface area contributed by atoms with Crippen molar-refractivity contribution in [2.24, 2.45) is 5.92 Å². The minimum Gasteiger partial charge on any atom is -0.383 e. The summed E-state index contributed by atoms with van der Waals surface area (Å²) in [7, 11) is 0. The van der Waals surface area contributed by atoms with Crippen LogP contribution in [-0.4, -0.2) is 30.8 Å². The van der Waals surface area contributed by atoms with E-state index in [1.54, 1.807) is 0 Å². The van der Waals surface area contributed by atoms with Crippen molar-refractivity contribution < 1.29 is 0 Å². The zero-order valence-corrected chi connectivity index (χ0v) is 17.1. The normalized spacial score (nSPS) is 15.5. The van der Waals surface area contributed by atoms with Crippen molar-refractivity contribution in [1.82, 2.24) is 10.3 Å². The summed E-state index contributed by atoms with van der Waals surface area (Å²) in [5.41, 5.74) is 7.16. The van der Waals surface area contributed by atoms with E-state index in [1.165, 1.54) is 11.8 Å². The lowest BCUT2D eigenvalue weighted by Gasteiger charge is -2.17. The fourth-order valence-electron chi connectivity index (χ4n) is 3.80. The van der Waals surface area contributed by atoms with Crippen LogP contribution in [0.1, 0.15) is 23.2 Å². The number of nitrogens with zero attached hydrogens (tertiary/aromatic N) is 2. The van der Waals surface area contributed by atoms with Crippen LogP contribution in [0, 0.1) is 29.6 Å². The lowest BCUT2D eigenvalue weighted by Crippen LogP contribution is -2.18. The summed E-state index contributed by atoms with van der Waals surface area (Å²) in [5.74, 6) is 0.582. The van der Waals surface area contributed by atoms with E-state index in [-0.39, 0.29) is 0 Å². The largest absolute Gasteiger partial charge is 0.383 e. The van der Waals surface area contributed by atoms with Crippen LogP contribution in [0.25, 0.3) is 22.4 Å². The minimum atomic E-state index is 0.582. The Kier molecular flexibility index (Phi) is 5.87. The van der Waals surface area contributed by atoms with Crippen LogP contribution in [0.15, 0.2) is 54.6 Å². The second-order valence-electron chi connectivity index (χ2n) is 7.76. The molecule has 4 rings (SSSR count). The Hall–Kier alpha value is -3.49. The van der Waals surface area contributed by atoms with Crippen molar-refractivity contribution in [2.45, 2.75) is 13.3 Å². The third-order valence-corrected chi connectivity index (χ3v) is 5.58. The van der Waals surface area contributed by atoms with E-state index >= 15 is 0 Å². The molecule has 1 aliphatic rings. The maximum atomic E-state index is 9.14. The van der Waals surface area contributed by atoms with Crippen molar-refractivity contribution in [1.29, 1.82) is 10.7 Å². The number of rotatable bonds is 6. The van der Waals surface area contributed by atoms with E-state index in [9.17, 15) is 0 Å². The summed E-state index contributed by atoms with van der Waals surface area (Å²) in [5, 5.41) is 24.0. The number of hydrogen-bond acceptors (Lipinski definition) is 5.